The van der Waals surface area contributed by atoms with Gasteiger partial charge in [-0.05, 0) is 30.9 Å². The van der Waals surface area contributed by atoms with E-state index in [4.69, 9.17) is 4.74 Å². The van der Waals surface area contributed by atoms with E-state index in [1.54, 1.807) is 6.07 Å². The molecule has 0 aromatic heterocycles. The third-order valence-corrected chi connectivity index (χ3v) is 2.72. The lowest BCUT2D eigenvalue weighted by molar-refractivity contribution is 0.0964. The highest BCUT2D eigenvalue weighted by Gasteiger charge is 2.21. The van der Waals surface area contributed by atoms with E-state index in [0.717, 1.165) is 0 Å². The molecule has 1 aromatic rings. The zero-order valence-electron chi connectivity index (χ0n) is 10.1. The molecular weight excluding hydrogens is 235 g/mol. The summed E-state index contributed by atoms with van der Waals surface area (Å²) in [5.41, 5.74) is -0.0197. The number of methoxy groups -OCH3 is 1. The highest BCUT2D eigenvalue weighted by molar-refractivity contribution is 6.04. The molecule has 2 rings (SSSR count). The van der Waals surface area contributed by atoms with E-state index in [9.17, 15) is 9.18 Å². The Labute approximate surface area is 105 Å². The first-order valence-electron chi connectivity index (χ1n) is 5.85. The van der Waals surface area contributed by atoms with Gasteiger partial charge in [0.2, 0.25) is 0 Å². The Morgan fingerprint density at radius 3 is 2.83 bits per heavy atom. The van der Waals surface area contributed by atoms with Gasteiger partial charge in [0.15, 0.2) is 0 Å². The molecule has 0 radical (unpaired) electrons. The molecule has 0 aliphatic heterocycles. The van der Waals surface area contributed by atoms with E-state index in [1.807, 2.05) is 0 Å². The van der Waals surface area contributed by atoms with Crippen molar-refractivity contribution in [2.24, 2.45) is 10.9 Å². The number of halogens is 1. The number of amidine groups is 1. The number of rotatable bonds is 3. The van der Waals surface area contributed by atoms with Crippen molar-refractivity contribution in [2.75, 3.05) is 13.7 Å². The van der Waals surface area contributed by atoms with E-state index >= 15 is 0 Å². The van der Waals surface area contributed by atoms with Gasteiger partial charge in [-0.25, -0.2) is 9.38 Å². The summed E-state index contributed by atoms with van der Waals surface area (Å²) in [7, 11) is 1.42. The minimum atomic E-state index is -0.562. The van der Waals surface area contributed by atoms with Crippen molar-refractivity contribution >= 4 is 11.9 Å². The summed E-state index contributed by atoms with van der Waals surface area (Å²) in [5.74, 6) is -0.516. The maximum Gasteiger partial charge on any atom is 0.291 e. The average Bonchev–Trinajstić information content (AvgIpc) is 3.18. The molecule has 1 aliphatic rings. The summed E-state index contributed by atoms with van der Waals surface area (Å²) in [4.78, 5) is 15.9. The van der Waals surface area contributed by atoms with E-state index in [2.05, 4.69) is 10.3 Å². The normalized spacial score (nSPS) is 15.3. The molecule has 0 heterocycles. The van der Waals surface area contributed by atoms with Crippen molar-refractivity contribution < 1.29 is 13.9 Å². The maximum absolute atomic E-state index is 13.4. The lowest BCUT2D eigenvalue weighted by Gasteiger charge is -2.07. The second-order valence-electron chi connectivity index (χ2n) is 4.23. The number of hydrogen-bond donors (Lipinski definition) is 1. The molecule has 0 unspecified atom stereocenters. The summed E-state index contributed by atoms with van der Waals surface area (Å²) in [6.45, 7) is 0.640. The van der Waals surface area contributed by atoms with Crippen LogP contribution >= 0.6 is 0 Å². The summed E-state index contributed by atoms with van der Waals surface area (Å²) in [6, 6.07) is 5.92. The predicted octanol–water partition coefficient (Wildman–Crippen LogP) is 1.97. The Kier molecular flexibility index (Phi) is 3.92. The fourth-order valence-electron chi connectivity index (χ4n) is 1.48. The molecule has 18 heavy (non-hydrogen) atoms. The van der Waals surface area contributed by atoms with Crippen molar-refractivity contribution in [1.29, 1.82) is 0 Å². The molecule has 1 aromatic carbocycles. The number of carbonyl (C=O) groups is 1. The Bertz CT molecular complexity index is 470. The maximum atomic E-state index is 13.4. The van der Waals surface area contributed by atoms with Crippen molar-refractivity contribution in [3.05, 3.63) is 35.6 Å². The number of nitrogens with zero attached hydrogens (tertiary/aromatic N) is 1. The molecule has 1 amide bonds. The fourth-order valence-corrected chi connectivity index (χ4v) is 1.48. The molecular formula is C13H15FN2O2. The number of carbonyl (C=O) groups excluding carboxylic acids is 1. The summed E-state index contributed by atoms with van der Waals surface area (Å²) < 4.78 is 18.3. The van der Waals surface area contributed by atoms with Crippen molar-refractivity contribution in [2.45, 2.75) is 12.8 Å². The van der Waals surface area contributed by atoms with Gasteiger partial charge in [0.25, 0.3) is 11.9 Å². The van der Waals surface area contributed by atoms with Gasteiger partial charge in [0.05, 0.1) is 12.7 Å². The molecule has 5 heteroatoms. The van der Waals surface area contributed by atoms with Gasteiger partial charge in [-0.3, -0.25) is 10.1 Å². The van der Waals surface area contributed by atoms with Crippen LogP contribution in [0.25, 0.3) is 0 Å². The highest BCUT2D eigenvalue weighted by atomic mass is 19.1. The molecule has 4 nitrogen and oxygen atoms in total. The predicted molar refractivity (Wildman–Crippen MR) is 65.9 cm³/mol. The van der Waals surface area contributed by atoms with Gasteiger partial charge in [-0.15, -0.1) is 0 Å². The van der Waals surface area contributed by atoms with Gasteiger partial charge < -0.3 is 4.74 Å². The highest BCUT2D eigenvalue weighted by Crippen LogP contribution is 2.28. The number of hydrogen-bond acceptors (Lipinski definition) is 3. The third-order valence-electron chi connectivity index (χ3n) is 2.72. The average molecular weight is 250 g/mol. The van der Waals surface area contributed by atoms with Crippen LogP contribution in [0.5, 0.6) is 0 Å². The molecule has 1 aliphatic carbocycles. The smallest absolute Gasteiger partial charge is 0.291 e. The summed E-state index contributed by atoms with van der Waals surface area (Å²) in [5, 5.41) is 2.46. The number of amides is 1. The lowest BCUT2D eigenvalue weighted by atomic mass is 10.2. The third kappa shape index (κ3) is 3.29. The Morgan fingerprint density at radius 1 is 1.50 bits per heavy atom. The summed E-state index contributed by atoms with van der Waals surface area (Å²) in [6.07, 6.45) is 2.34. The molecule has 1 saturated carbocycles. The molecule has 1 fully saturated rings. The Morgan fingerprint density at radius 2 is 2.22 bits per heavy atom. The first-order valence-corrected chi connectivity index (χ1v) is 5.85. The largest absolute Gasteiger partial charge is 0.468 e. The number of benzene rings is 1. The minimum Gasteiger partial charge on any atom is -0.468 e. The summed E-state index contributed by atoms with van der Waals surface area (Å²) >= 11 is 0. The second-order valence-corrected chi connectivity index (χ2v) is 4.23. The monoisotopic (exact) mass is 250 g/mol. The van der Waals surface area contributed by atoms with Gasteiger partial charge in [-0.1, -0.05) is 12.1 Å². The number of nitrogens with one attached hydrogen (secondary N) is 1. The van der Waals surface area contributed by atoms with E-state index in [0.29, 0.717) is 12.5 Å². The Balaban J connectivity index is 2.00. The van der Waals surface area contributed by atoms with E-state index < -0.39 is 11.7 Å². The van der Waals surface area contributed by atoms with E-state index in [1.165, 1.54) is 38.2 Å². The SMILES string of the molecule is COC(=NCC1CC1)NC(=O)c1ccccc1F. The molecule has 1 N–H and O–H groups in total. The second kappa shape index (κ2) is 5.62. The fraction of sp³-hybridized carbons (Fsp3) is 0.385. The number of aliphatic imine (C=N–C) groups is 1. The molecule has 0 atom stereocenters. The molecule has 0 bridgehead atoms. The topological polar surface area (TPSA) is 50.7 Å². The van der Waals surface area contributed by atoms with Crippen LogP contribution < -0.4 is 5.32 Å². The number of ether oxygens (including phenoxy) is 1. The van der Waals surface area contributed by atoms with Crippen LogP contribution in [-0.4, -0.2) is 25.6 Å². The zero-order chi connectivity index (χ0) is 13.0. The quantitative estimate of drug-likeness (QED) is 0.658. The molecule has 0 spiro atoms. The van der Waals surface area contributed by atoms with Crippen molar-refractivity contribution in [1.82, 2.24) is 5.32 Å². The van der Waals surface area contributed by atoms with Crippen molar-refractivity contribution in [3.8, 4) is 0 Å². The van der Waals surface area contributed by atoms with Crippen LogP contribution in [0.2, 0.25) is 0 Å². The van der Waals surface area contributed by atoms with Gasteiger partial charge in [0.1, 0.15) is 5.82 Å². The van der Waals surface area contributed by atoms with E-state index in [-0.39, 0.29) is 11.6 Å². The first kappa shape index (κ1) is 12.5. The van der Waals surface area contributed by atoms with Crippen LogP contribution in [0.1, 0.15) is 23.2 Å². The van der Waals surface area contributed by atoms with Gasteiger partial charge in [0, 0.05) is 6.54 Å². The zero-order valence-corrected chi connectivity index (χ0v) is 10.1. The lowest BCUT2D eigenvalue weighted by Crippen LogP contribution is -2.32. The minimum absolute atomic E-state index is 0.0197. The molecule has 96 valence electrons. The van der Waals surface area contributed by atoms with Crippen molar-refractivity contribution in [3.63, 3.8) is 0 Å². The van der Waals surface area contributed by atoms with Gasteiger partial charge in [-0.2, -0.15) is 0 Å². The Hall–Kier alpha value is -1.91. The standard InChI is InChI=1S/C13H15FN2O2/c1-18-13(15-8-9-6-7-9)16-12(17)10-4-2-3-5-11(10)14/h2-5,9H,6-8H2,1H3,(H,15,16,17). The van der Waals surface area contributed by atoms with Crippen LogP contribution in [-0.2, 0) is 4.74 Å². The molecule has 0 saturated heterocycles. The van der Waals surface area contributed by atoms with Crippen LogP contribution in [0.4, 0.5) is 4.39 Å². The van der Waals surface area contributed by atoms with Crippen LogP contribution in [0.15, 0.2) is 29.3 Å². The van der Waals surface area contributed by atoms with Crippen LogP contribution in [0, 0.1) is 11.7 Å². The van der Waals surface area contributed by atoms with Gasteiger partial charge >= 0.3 is 0 Å². The first-order chi connectivity index (χ1) is 8.70. The van der Waals surface area contributed by atoms with Crippen LogP contribution in [0.3, 0.4) is 0 Å².